The lowest BCUT2D eigenvalue weighted by Gasteiger charge is -2.10. The first-order valence-corrected chi connectivity index (χ1v) is 5.68. The van der Waals surface area contributed by atoms with Crippen LogP contribution in [0.3, 0.4) is 0 Å². The molecule has 1 heterocycles. The van der Waals surface area contributed by atoms with E-state index in [9.17, 15) is 8.78 Å². The van der Waals surface area contributed by atoms with E-state index < -0.39 is 11.8 Å². The number of aryl methyl sites for hydroxylation is 1. The van der Waals surface area contributed by atoms with Gasteiger partial charge in [-0.1, -0.05) is 18.7 Å². The third-order valence-electron chi connectivity index (χ3n) is 2.91. The minimum atomic E-state index is -0.707. The van der Waals surface area contributed by atoms with Crippen molar-refractivity contribution in [1.29, 1.82) is 0 Å². The van der Waals surface area contributed by atoms with Gasteiger partial charge in [0.05, 0.1) is 13.3 Å². The third kappa shape index (κ3) is 2.62. The molecule has 0 atom stereocenters. The number of pyridine rings is 1. The summed E-state index contributed by atoms with van der Waals surface area (Å²) in [7, 11) is 1.53. The highest BCUT2D eigenvalue weighted by Gasteiger charge is 2.11. The second kappa shape index (κ2) is 5.18. The molecule has 19 heavy (non-hydrogen) atoms. The quantitative estimate of drug-likeness (QED) is 0.616. The van der Waals surface area contributed by atoms with E-state index in [1.165, 1.54) is 7.11 Å². The molecule has 0 aliphatic rings. The molecule has 0 aliphatic heterocycles. The lowest BCUT2D eigenvalue weighted by atomic mass is 9.98. The first-order chi connectivity index (χ1) is 9.02. The van der Waals surface area contributed by atoms with Crippen LogP contribution in [-0.2, 0) is 4.74 Å². The molecule has 0 bridgehead atoms. The van der Waals surface area contributed by atoms with E-state index in [-0.39, 0.29) is 5.56 Å². The van der Waals surface area contributed by atoms with Crippen molar-refractivity contribution >= 4 is 5.76 Å². The van der Waals surface area contributed by atoms with Crippen LogP contribution in [0.5, 0.6) is 0 Å². The molecule has 1 aromatic heterocycles. The van der Waals surface area contributed by atoms with Crippen molar-refractivity contribution < 1.29 is 13.5 Å². The van der Waals surface area contributed by atoms with Gasteiger partial charge in [0.15, 0.2) is 0 Å². The number of hydrogen-bond donors (Lipinski definition) is 0. The van der Waals surface area contributed by atoms with E-state index in [4.69, 9.17) is 4.74 Å². The van der Waals surface area contributed by atoms with Crippen LogP contribution < -0.4 is 0 Å². The summed E-state index contributed by atoms with van der Waals surface area (Å²) in [5, 5.41) is 0. The van der Waals surface area contributed by atoms with E-state index in [0.717, 1.165) is 23.4 Å². The highest BCUT2D eigenvalue weighted by molar-refractivity contribution is 5.71. The van der Waals surface area contributed by atoms with Crippen LogP contribution in [0.4, 0.5) is 8.78 Å². The normalized spacial score (nSPS) is 10.3. The van der Waals surface area contributed by atoms with Gasteiger partial charge >= 0.3 is 0 Å². The minimum Gasteiger partial charge on any atom is -0.497 e. The second-order valence-corrected chi connectivity index (χ2v) is 4.14. The number of halogens is 2. The second-order valence-electron chi connectivity index (χ2n) is 4.14. The SMILES string of the molecule is C=C(OC)c1ccc(-c2cc(F)ncc2F)c(C)c1. The molecule has 0 saturated heterocycles. The van der Waals surface area contributed by atoms with Crippen molar-refractivity contribution in [3.05, 3.63) is 59.9 Å². The van der Waals surface area contributed by atoms with Crippen LogP contribution in [0.1, 0.15) is 11.1 Å². The topological polar surface area (TPSA) is 22.1 Å². The zero-order chi connectivity index (χ0) is 14.0. The summed E-state index contributed by atoms with van der Waals surface area (Å²) in [5.41, 5.74) is 2.42. The smallest absolute Gasteiger partial charge is 0.213 e. The molecule has 2 rings (SSSR count). The molecule has 2 nitrogen and oxygen atoms in total. The first kappa shape index (κ1) is 13.2. The van der Waals surface area contributed by atoms with Crippen molar-refractivity contribution in [3.8, 4) is 11.1 Å². The Kier molecular flexibility index (Phi) is 3.60. The van der Waals surface area contributed by atoms with Gasteiger partial charge in [0.1, 0.15) is 11.6 Å². The van der Waals surface area contributed by atoms with Crippen LogP contribution in [0.2, 0.25) is 0 Å². The molecular formula is C15H13F2NO. The van der Waals surface area contributed by atoms with Crippen molar-refractivity contribution in [3.63, 3.8) is 0 Å². The van der Waals surface area contributed by atoms with Gasteiger partial charge in [-0.3, -0.25) is 0 Å². The van der Waals surface area contributed by atoms with Gasteiger partial charge in [-0.05, 0) is 24.1 Å². The van der Waals surface area contributed by atoms with E-state index in [2.05, 4.69) is 11.6 Å². The molecule has 0 amide bonds. The summed E-state index contributed by atoms with van der Waals surface area (Å²) in [4.78, 5) is 3.28. The van der Waals surface area contributed by atoms with Crippen molar-refractivity contribution in [2.75, 3.05) is 7.11 Å². The Morgan fingerprint density at radius 2 is 1.95 bits per heavy atom. The highest BCUT2D eigenvalue weighted by atomic mass is 19.1. The Balaban J connectivity index is 2.52. The third-order valence-corrected chi connectivity index (χ3v) is 2.91. The fourth-order valence-corrected chi connectivity index (χ4v) is 1.88. The van der Waals surface area contributed by atoms with Gasteiger partial charge in [0.25, 0.3) is 0 Å². The van der Waals surface area contributed by atoms with Crippen LogP contribution in [0.15, 0.2) is 37.0 Å². The summed E-state index contributed by atoms with van der Waals surface area (Å²) in [6.07, 6.45) is 0.881. The van der Waals surface area contributed by atoms with Gasteiger partial charge in [0.2, 0.25) is 5.95 Å². The van der Waals surface area contributed by atoms with Gasteiger partial charge in [0, 0.05) is 17.2 Å². The molecule has 2 aromatic rings. The monoisotopic (exact) mass is 261 g/mol. The number of nitrogens with zero attached hydrogens (tertiary/aromatic N) is 1. The molecule has 0 aliphatic carbocycles. The van der Waals surface area contributed by atoms with Gasteiger partial charge < -0.3 is 4.74 Å². The fourth-order valence-electron chi connectivity index (χ4n) is 1.88. The molecular weight excluding hydrogens is 248 g/mol. The number of hydrogen-bond acceptors (Lipinski definition) is 2. The Bertz CT molecular complexity index is 638. The highest BCUT2D eigenvalue weighted by Crippen LogP contribution is 2.28. The number of aromatic nitrogens is 1. The minimum absolute atomic E-state index is 0.194. The largest absolute Gasteiger partial charge is 0.497 e. The van der Waals surface area contributed by atoms with Gasteiger partial charge in [-0.15, -0.1) is 0 Å². The molecule has 0 unspecified atom stereocenters. The molecule has 0 fully saturated rings. The Hall–Kier alpha value is -2.23. The van der Waals surface area contributed by atoms with E-state index in [1.54, 1.807) is 12.1 Å². The van der Waals surface area contributed by atoms with E-state index in [1.807, 2.05) is 13.0 Å². The molecule has 0 saturated carbocycles. The summed E-state index contributed by atoms with van der Waals surface area (Å²) in [5.74, 6) is -0.736. The van der Waals surface area contributed by atoms with Crippen LogP contribution in [0.25, 0.3) is 16.9 Å². The van der Waals surface area contributed by atoms with Crippen LogP contribution in [-0.4, -0.2) is 12.1 Å². The van der Waals surface area contributed by atoms with Gasteiger partial charge in [-0.25, -0.2) is 9.37 Å². The fraction of sp³-hybridized carbons (Fsp3) is 0.133. The van der Waals surface area contributed by atoms with E-state index >= 15 is 0 Å². The summed E-state index contributed by atoms with van der Waals surface area (Å²) >= 11 is 0. The predicted octanol–water partition coefficient (Wildman–Crippen LogP) is 3.95. The number of ether oxygens (including phenoxy) is 1. The first-order valence-electron chi connectivity index (χ1n) is 5.68. The average molecular weight is 261 g/mol. The standard InChI is InChI=1S/C15H13F2NO/c1-9-6-11(10(2)19-3)4-5-12(9)13-7-15(17)18-8-14(13)16/h4-8H,2H2,1,3H3. The molecule has 4 heteroatoms. The van der Waals surface area contributed by atoms with Crippen molar-refractivity contribution in [2.24, 2.45) is 0 Å². The maximum absolute atomic E-state index is 13.7. The van der Waals surface area contributed by atoms with Crippen molar-refractivity contribution in [2.45, 2.75) is 6.92 Å². The zero-order valence-corrected chi connectivity index (χ0v) is 10.7. The maximum Gasteiger partial charge on any atom is 0.213 e. The molecule has 0 spiro atoms. The molecule has 0 N–H and O–H groups in total. The summed E-state index contributed by atoms with van der Waals surface area (Å²) < 4.78 is 31.8. The molecule has 98 valence electrons. The molecule has 0 radical (unpaired) electrons. The maximum atomic E-state index is 13.7. The van der Waals surface area contributed by atoms with Crippen molar-refractivity contribution in [1.82, 2.24) is 4.98 Å². The van der Waals surface area contributed by atoms with Gasteiger partial charge in [-0.2, -0.15) is 4.39 Å². The lowest BCUT2D eigenvalue weighted by Crippen LogP contribution is -1.94. The Morgan fingerprint density at radius 3 is 2.58 bits per heavy atom. The predicted molar refractivity (Wildman–Crippen MR) is 70.4 cm³/mol. The number of rotatable bonds is 3. The lowest BCUT2D eigenvalue weighted by molar-refractivity contribution is 0.371. The summed E-state index contributed by atoms with van der Waals surface area (Å²) in [6.45, 7) is 5.57. The number of benzene rings is 1. The zero-order valence-electron chi connectivity index (χ0n) is 10.7. The average Bonchev–Trinajstić information content (AvgIpc) is 2.41. The Morgan fingerprint density at radius 1 is 1.21 bits per heavy atom. The molecule has 1 aromatic carbocycles. The van der Waals surface area contributed by atoms with Crippen LogP contribution >= 0.6 is 0 Å². The van der Waals surface area contributed by atoms with Crippen LogP contribution in [0, 0.1) is 18.7 Å². The number of methoxy groups -OCH3 is 1. The van der Waals surface area contributed by atoms with E-state index in [0.29, 0.717) is 11.3 Å². The summed E-state index contributed by atoms with van der Waals surface area (Å²) in [6, 6.07) is 6.38. The Labute approximate surface area is 110 Å².